The van der Waals surface area contributed by atoms with Gasteiger partial charge in [0.25, 0.3) is 11.5 Å². The number of hydrogen-bond acceptors (Lipinski definition) is 6. The lowest BCUT2D eigenvalue weighted by molar-refractivity contribution is -0.142. The third-order valence-corrected chi connectivity index (χ3v) is 7.05. The molecule has 1 aliphatic heterocycles. The summed E-state index contributed by atoms with van der Waals surface area (Å²) >= 11 is 0. The summed E-state index contributed by atoms with van der Waals surface area (Å²) in [6, 6.07) is 14.3. The van der Waals surface area contributed by atoms with Crippen molar-refractivity contribution in [2.24, 2.45) is 5.41 Å². The number of aromatic nitrogens is 2. The van der Waals surface area contributed by atoms with Crippen molar-refractivity contribution in [1.29, 1.82) is 0 Å². The van der Waals surface area contributed by atoms with Crippen LogP contribution in [0.5, 0.6) is 5.75 Å². The predicted molar refractivity (Wildman–Crippen MR) is 161 cm³/mol. The van der Waals surface area contributed by atoms with E-state index in [1.807, 2.05) is 45.0 Å². The molecule has 0 unspecified atom stereocenters. The molecule has 0 radical (unpaired) electrons. The molecule has 1 aliphatic rings. The molecular formula is C32H36N4O6. The number of pyridine rings is 1. The van der Waals surface area contributed by atoms with Gasteiger partial charge in [-0.15, -0.1) is 0 Å². The number of fused-ring (bicyclic) bond motifs is 2. The van der Waals surface area contributed by atoms with E-state index in [1.165, 1.54) is 0 Å². The second kappa shape index (κ2) is 10.7. The summed E-state index contributed by atoms with van der Waals surface area (Å²) in [5.41, 5.74) is 0.624. The molecule has 2 amide bonds. The van der Waals surface area contributed by atoms with Gasteiger partial charge < -0.3 is 29.2 Å². The number of amides is 2. The minimum Gasteiger partial charge on any atom is -0.444 e. The van der Waals surface area contributed by atoms with Gasteiger partial charge in [0.15, 0.2) is 5.75 Å². The first-order valence-electron chi connectivity index (χ1n) is 14.0. The average Bonchev–Trinajstić information content (AvgIpc) is 3.28. The Kier molecular flexibility index (Phi) is 7.34. The lowest BCUT2D eigenvalue weighted by Gasteiger charge is -2.35. The standard InChI is InChI=1S/C32H36N4O6/c1-31(2,3)29(39)41-26-21-18-20(28(38)35-13-15-36(16-14-35)30(40)42-32(4,5)6)11-12-24(21)33-25(26)22-17-19-9-7-8-10-23(19)34-27(22)37/h7-12,17-18,33H,13-16H2,1-6H3,(H,34,37). The van der Waals surface area contributed by atoms with Gasteiger partial charge in [-0.25, -0.2) is 4.79 Å². The Morgan fingerprint density at radius 1 is 0.810 bits per heavy atom. The molecule has 0 saturated carbocycles. The summed E-state index contributed by atoms with van der Waals surface area (Å²) in [7, 11) is 0. The Morgan fingerprint density at radius 2 is 1.48 bits per heavy atom. The molecule has 4 aromatic rings. The summed E-state index contributed by atoms with van der Waals surface area (Å²) in [6.45, 7) is 12.1. The summed E-state index contributed by atoms with van der Waals surface area (Å²) in [5.74, 6) is -0.493. The van der Waals surface area contributed by atoms with E-state index in [0.717, 1.165) is 5.39 Å². The zero-order chi connectivity index (χ0) is 30.4. The zero-order valence-electron chi connectivity index (χ0n) is 24.8. The van der Waals surface area contributed by atoms with E-state index in [4.69, 9.17) is 9.47 Å². The fraction of sp³-hybridized carbons (Fsp3) is 0.375. The first-order chi connectivity index (χ1) is 19.7. The molecular weight excluding hydrogens is 536 g/mol. The Bertz CT molecular complexity index is 1750. The first kappa shape index (κ1) is 28.9. The van der Waals surface area contributed by atoms with Gasteiger partial charge in [0, 0.05) is 48.2 Å². The second-order valence-electron chi connectivity index (χ2n) is 12.6. The highest BCUT2D eigenvalue weighted by molar-refractivity contribution is 6.03. The summed E-state index contributed by atoms with van der Waals surface area (Å²) in [4.78, 5) is 61.6. The molecule has 2 aromatic carbocycles. The molecule has 1 fully saturated rings. The van der Waals surface area contributed by atoms with Crippen molar-refractivity contribution in [3.05, 3.63) is 64.4 Å². The van der Waals surface area contributed by atoms with Gasteiger partial charge in [-0.1, -0.05) is 18.2 Å². The molecule has 2 N–H and O–H groups in total. The van der Waals surface area contributed by atoms with E-state index < -0.39 is 23.1 Å². The fourth-order valence-corrected chi connectivity index (χ4v) is 4.78. The molecule has 10 nitrogen and oxygen atoms in total. The predicted octanol–water partition coefficient (Wildman–Crippen LogP) is 5.32. The maximum atomic E-state index is 13.5. The van der Waals surface area contributed by atoms with Crippen molar-refractivity contribution >= 4 is 39.8 Å². The molecule has 1 saturated heterocycles. The highest BCUT2D eigenvalue weighted by atomic mass is 16.6. The van der Waals surface area contributed by atoms with Crippen LogP contribution in [0.25, 0.3) is 33.1 Å². The number of ether oxygens (including phenoxy) is 2. The monoisotopic (exact) mass is 572 g/mol. The molecule has 0 bridgehead atoms. The van der Waals surface area contributed by atoms with Crippen LogP contribution in [0.4, 0.5) is 4.79 Å². The number of benzene rings is 2. The normalized spacial score (nSPS) is 14.3. The molecule has 0 spiro atoms. The van der Waals surface area contributed by atoms with E-state index in [0.29, 0.717) is 59.4 Å². The Balaban J connectivity index is 1.49. The largest absolute Gasteiger partial charge is 0.444 e. The number of hydrogen-bond donors (Lipinski definition) is 2. The minimum atomic E-state index is -0.808. The van der Waals surface area contributed by atoms with Crippen LogP contribution in [0, 0.1) is 5.41 Å². The van der Waals surface area contributed by atoms with Crippen molar-refractivity contribution < 1.29 is 23.9 Å². The van der Waals surface area contributed by atoms with E-state index in [-0.39, 0.29) is 17.2 Å². The van der Waals surface area contributed by atoms with Gasteiger partial charge >= 0.3 is 12.1 Å². The fourth-order valence-electron chi connectivity index (χ4n) is 4.78. The van der Waals surface area contributed by atoms with Crippen molar-refractivity contribution in [3.63, 3.8) is 0 Å². The summed E-state index contributed by atoms with van der Waals surface area (Å²) < 4.78 is 11.4. The average molecular weight is 573 g/mol. The van der Waals surface area contributed by atoms with Crippen LogP contribution in [0.2, 0.25) is 0 Å². The molecule has 0 aliphatic carbocycles. The maximum Gasteiger partial charge on any atom is 0.410 e. The summed E-state index contributed by atoms with van der Waals surface area (Å²) in [5, 5.41) is 1.33. The number of aromatic amines is 2. The highest BCUT2D eigenvalue weighted by Gasteiger charge is 2.30. The van der Waals surface area contributed by atoms with Crippen LogP contribution in [0.3, 0.4) is 0 Å². The van der Waals surface area contributed by atoms with Crippen LogP contribution < -0.4 is 10.3 Å². The van der Waals surface area contributed by atoms with Gasteiger partial charge in [0.1, 0.15) is 5.60 Å². The molecule has 5 rings (SSSR count). The Labute approximate surface area is 243 Å². The van der Waals surface area contributed by atoms with E-state index in [1.54, 1.807) is 54.8 Å². The quantitative estimate of drug-likeness (QED) is 0.320. The molecule has 10 heteroatoms. The maximum absolute atomic E-state index is 13.5. The zero-order valence-corrected chi connectivity index (χ0v) is 24.8. The van der Waals surface area contributed by atoms with Crippen LogP contribution in [-0.2, 0) is 9.53 Å². The van der Waals surface area contributed by atoms with Crippen molar-refractivity contribution in [2.75, 3.05) is 26.2 Å². The van der Waals surface area contributed by atoms with Crippen LogP contribution in [0.15, 0.2) is 53.3 Å². The molecule has 220 valence electrons. The van der Waals surface area contributed by atoms with Crippen LogP contribution in [-0.4, -0.2) is 69.5 Å². The number of rotatable bonds is 3. The first-order valence-corrected chi connectivity index (χ1v) is 14.0. The SMILES string of the molecule is CC(C)(C)OC(=O)N1CCN(C(=O)c2ccc3[nH]c(-c4cc5ccccc5[nH]c4=O)c(OC(=O)C(C)(C)C)c3c2)CC1. The Morgan fingerprint density at radius 3 is 2.14 bits per heavy atom. The molecule has 2 aromatic heterocycles. The minimum absolute atomic E-state index is 0.190. The number of nitrogens with zero attached hydrogens (tertiary/aromatic N) is 2. The lowest BCUT2D eigenvalue weighted by atomic mass is 9.97. The molecule has 0 atom stereocenters. The van der Waals surface area contributed by atoms with Crippen LogP contribution >= 0.6 is 0 Å². The highest BCUT2D eigenvalue weighted by Crippen LogP contribution is 2.38. The van der Waals surface area contributed by atoms with E-state index in [9.17, 15) is 19.2 Å². The van der Waals surface area contributed by atoms with E-state index >= 15 is 0 Å². The van der Waals surface area contributed by atoms with Gasteiger partial charge in [0.2, 0.25) is 0 Å². The number of carbonyl (C=O) groups excluding carboxylic acids is 3. The Hall–Kier alpha value is -4.60. The van der Waals surface area contributed by atoms with Gasteiger partial charge in [-0.2, -0.15) is 0 Å². The third kappa shape index (κ3) is 5.88. The van der Waals surface area contributed by atoms with Gasteiger partial charge in [-0.05, 0) is 77.3 Å². The lowest BCUT2D eigenvalue weighted by Crippen LogP contribution is -2.51. The summed E-state index contributed by atoms with van der Waals surface area (Å²) in [6.07, 6.45) is -0.398. The number of carbonyl (C=O) groups is 3. The number of para-hydroxylation sites is 1. The smallest absolute Gasteiger partial charge is 0.410 e. The van der Waals surface area contributed by atoms with Crippen LogP contribution in [0.1, 0.15) is 51.9 Å². The number of H-pyrrole nitrogens is 2. The topological polar surface area (TPSA) is 125 Å². The molecule has 3 heterocycles. The van der Waals surface area contributed by atoms with Crippen molar-refractivity contribution in [1.82, 2.24) is 19.8 Å². The number of nitrogens with one attached hydrogen (secondary N) is 2. The molecule has 42 heavy (non-hydrogen) atoms. The van der Waals surface area contributed by atoms with Crippen molar-refractivity contribution in [3.8, 4) is 17.0 Å². The van der Waals surface area contributed by atoms with E-state index in [2.05, 4.69) is 9.97 Å². The van der Waals surface area contributed by atoms with Crippen molar-refractivity contribution in [2.45, 2.75) is 47.1 Å². The second-order valence-corrected chi connectivity index (χ2v) is 12.6. The van der Waals surface area contributed by atoms with Gasteiger partial charge in [0.05, 0.1) is 16.7 Å². The third-order valence-electron chi connectivity index (χ3n) is 7.05. The number of esters is 1. The number of piperazine rings is 1. The van der Waals surface area contributed by atoms with Gasteiger partial charge in [-0.3, -0.25) is 14.4 Å².